The molecule has 0 unspecified atom stereocenters. The Balaban J connectivity index is 2.42. The van der Waals surface area contributed by atoms with E-state index >= 15 is 0 Å². The monoisotopic (exact) mass is 255 g/mol. The molecule has 1 heterocycles. The molecule has 0 saturated heterocycles. The number of carbonyl (C=O) groups excluding carboxylic acids is 1. The second-order valence-electron chi connectivity index (χ2n) is 4.68. The highest BCUT2D eigenvalue weighted by Gasteiger charge is 2.16. The Hall–Kier alpha value is -2.16. The lowest BCUT2D eigenvalue weighted by atomic mass is 10.0. The molecule has 0 saturated carbocycles. The molecule has 19 heavy (non-hydrogen) atoms. The smallest absolute Gasteiger partial charge is 0.198 e. The molecule has 2 rings (SSSR count). The molecule has 0 radical (unpaired) electrons. The van der Waals surface area contributed by atoms with Crippen molar-refractivity contribution in [2.45, 2.75) is 26.9 Å². The Morgan fingerprint density at radius 2 is 1.89 bits per heavy atom. The van der Waals surface area contributed by atoms with Crippen molar-refractivity contribution in [3.63, 3.8) is 0 Å². The minimum atomic E-state index is -0.0538. The first-order valence-corrected chi connectivity index (χ1v) is 6.30. The van der Waals surface area contributed by atoms with E-state index < -0.39 is 0 Å². The number of carbonyl (C=O) groups is 1. The number of nitrogens with zero attached hydrogens (tertiary/aromatic N) is 1. The van der Waals surface area contributed by atoms with Crippen molar-refractivity contribution < 1.29 is 9.53 Å². The van der Waals surface area contributed by atoms with Crippen molar-refractivity contribution >= 4 is 5.78 Å². The molecule has 0 spiro atoms. The van der Waals surface area contributed by atoms with Gasteiger partial charge in [0, 0.05) is 18.0 Å². The maximum atomic E-state index is 12.5. The quantitative estimate of drug-likeness (QED) is 0.786. The molecule has 0 aliphatic carbocycles. The van der Waals surface area contributed by atoms with Gasteiger partial charge in [-0.3, -0.25) is 9.78 Å². The van der Waals surface area contributed by atoms with Gasteiger partial charge in [-0.15, -0.1) is 0 Å². The number of hydrogen-bond acceptors (Lipinski definition) is 3. The Morgan fingerprint density at radius 1 is 1.16 bits per heavy atom. The average Bonchev–Trinajstić information content (AvgIpc) is 2.38. The van der Waals surface area contributed by atoms with Gasteiger partial charge in [0.15, 0.2) is 5.78 Å². The lowest BCUT2D eigenvalue weighted by Crippen LogP contribution is -2.11. The SMILES string of the molecule is Cc1ccncc1C(=O)c1ccccc1OC(C)C. The Kier molecular flexibility index (Phi) is 3.95. The van der Waals surface area contributed by atoms with Crippen LogP contribution in [0.15, 0.2) is 42.7 Å². The lowest BCUT2D eigenvalue weighted by Gasteiger charge is -2.13. The third kappa shape index (κ3) is 2.99. The molecule has 3 nitrogen and oxygen atoms in total. The van der Waals surface area contributed by atoms with Crippen LogP contribution in [-0.4, -0.2) is 16.9 Å². The van der Waals surface area contributed by atoms with E-state index in [1.807, 2.05) is 45.0 Å². The highest BCUT2D eigenvalue weighted by atomic mass is 16.5. The molecule has 1 aromatic carbocycles. The van der Waals surface area contributed by atoms with Crippen molar-refractivity contribution in [1.82, 2.24) is 4.98 Å². The number of pyridine rings is 1. The first kappa shape index (κ1) is 13.3. The normalized spacial score (nSPS) is 10.5. The molecule has 3 heteroatoms. The highest BCUT2D eigenvalue weighted by molar-refractivity contribution is 6.11. The number of aromatic nitrogens is 1. The summed E-state index contributed by atoms with van der Waals surface area (Å²) < 4.78 is 5.69. The highest BCUT2D eigenvalue weighted by Crippen LogP contribution is 2.23. The zero-order chi connectivity index (χ0) is 13.8. The molecule has 98 valence electrons. The Morgan fingerprint density at radius 3 is 2.58 bits per heavy atom. The van der Waals surface area contributed by atoms with E-state index in [1.54, 1.807) is 18.5 Å². The zero-order valence-electron chi connectivity index (χ0n) is 11.4. The van der Waals surface area contributed by atoms with E-state index in [4.69, 9.17) is 4.74 Å². The molecular weight excluding hydrogens is 238 g/mol. The fourth-order valence-electron chi connectivity index (χ4n) is 1.86. The summed E-state index contributed by atoms with van der Waals surface area (Å²) in [5.74, 6) is 0.563. The van der Waals surface area contributed by atoms with Crippen molar-refractivity contribution in [3.8, 4) is 5.75 Å². The van der Waals surface area contributed by atoms with E-state index in [0.29, 0.717) is 16.9 Å². The summed E-state index contributed by atoms with van der Waals surface area (Å²) in [6.07, 6.45) is 3.32. The van der Waals surface area contributed by atoms with E-state index in [-0.39, 0.29) is 11.9 Å². The molecule has 0 fully saturated rings. The van der Waals surface area contributed by atoms with Crippen molar-refractivity contribution in [1.29, 1.82) is 0 Å². The third-order valence-electron chi connectivity index (χ3n) is 2.78. The number of para-hydroxylation sites is 1. The number of benzene rings is 1. The van der Waals surface area contributed by atoms with Gasteiger partial charge >= 0.3 is 0 Å². The van der Waals surface area contributed by atoms with Crippen LogP contribution in [0.25, 0.3) is 0 Å². The molecule has 0 N–H and O–H groups in total. The lowest BCUT2D eigenvalue weighted by molar-refractivity contribution is 0.103. The molecule has 0 aliphatic heterocycles. The van der Waals surface area contributed by atoms with Crippen LogP contribution in [0.4, 0.5) is 0 Å². The van der Waals surface area contributed by atoms with Crippen molar-refractivity contribution in [2.75, 3.05) is 0 Å². The van der Waals surface area contributed by atoms with E-state index in [0.717, 1.165) is 5.56 Å². The van der Waals surface area contributed by atoms with Crippen LogP contribution in [0, 0.1) is 6.92 Å². The van der Waals surface area contributed by atoms with Gasteiger partial charge in [0.1, 0.15) is 5.75 Å². The molecule has 0 aliphatic rings. The Bertz CT molecular complexity index is 591. The van der Waals surface area contributed by atoms with Crippen molar-refractivity contribution in [3.05, 3.63) is 59.4 Å². The number of hydrogen-bond donors (Lipinski definition) is 0. The van der Waals surface area contributed by atoms with Gasteiger partial charge in [0.05, 0.1) is 11.7 Å². The summed E-state index contributed by atoms with van der Waals surface area (Å²) in [5.41, 5.74) is 2.11. The maximum Gasteiger partial charge on any atom is 0.198 e. The largest absolute Gasteiger partial charge is 0.490 e. The second kappa shape index (κ2) is 5.65. The maximum absolute atomic E-state index is 12.5. The standard InChI is InChI=1S/C16H17NO2/c1-11(2)19-15-7-5-4-6-13(15)16(18)14-10-17-9-8-12(14)3/h4-11H,1-3H3. The van der Waals surface area contributed by atoms with Gasteiger partial charge in [-0.25, -0.2) is 0 Å². The molecule has 0 bridgehead atoms. The fourth-order valence-corrected chi connectivity index (χ4v) is 1.86. The van der Waals surface area contributed by atoms with Gasteiger partial charge in [-0.05, 0) is 44.5 Å². The van der Waals surface area contributed by atoms with Crippen LogP contribution in [-0.2, 0) is 0 Å². The van der Waals surface area contributed by atoms with Crippen LogP contribution < -0.4 is 4.74 Å². The summed E-state index contributed by atoms with van der Waals surface area (Å²) in [7, 11) is 0. The molecule has 0 atom stereocenters. The van der Waals surface area contributed by atoms with Crippen LogP contribution >= 0.6 is 0 Å². The van der Waals surface area contributed by atoms with Crippen LogP contribution in [0.5, 0.6) is 5.75 Å². The first-order chi connectivity index (χ1) is 9.09. The third-order valence-corrected chi connectivity index (χ3v) is 2.78. The molecule has 0 amide bonds. The summed E-state index contributed by atoms with van der Waals surface area (Å²) in [6, 6.07) is 9.14. The minimum Gasteiger partial charge on any atom is -0.490 e. The second-order valence-corrected chi connectivity index (χ2v) is 4.68. The predicted molar refractivity (Wildman–Crippen MR) is 74.6 cm³/mol. The van der Waals surface area contributed by atoms with Crippen LogP contribution in [0.3, 0.4) is 0 Å². The summed E-state index contributed by atoms with van der Waals surface area (Å²) in [5, 5.41) is 0. The average molecular weight is 255 g/mol. The van der Waals surface area contributed by atoms with Crippen LogP contribution in [0.2, 0.25) is 0 Å². The fraction of sp³-hybridized carbons (Fsp3) is 0.250. The first-order valence-electron chi connectivity index (χ1n) is 6.30. The number of aryl methyl sites for hydroxylation is 1. The topological polar surface area (TPSA) is 39.2 Å². The molecule has 2 aromatic rings. The zero-order valence-corrected chi connectivity index (χ0v) is 11.4. The van der Waals surface area contributed by atoms with Gasteiger partial charge in [-0.2, -0.15) is 0 Å². The number of ether oxygens (including phenoxy) is 1. The molecular formula is C16H17NO2. The summed E-state index contributed by atoms with van der Waals surface area (Å²) in [6.45, 7) is 5.79. The number of rotatable bonds is 4. The van der Waals surface area contributed by atoms with Crippen molar-refractivity contribution in [2.24, 2.45) is 0 Å². The van der Waals surface area contributed by atoms with Gasteiger partial charge < -0.3 is 4.74 Å². The Labute approximate surface area is 113 Å². The summed E-state index contributed by atoms with van der Waals surface area (Å²) >= 11 is 0. The predicted octanol–water partition coefficient (Wildman–Crippen LogP) is 3.41. The van der Waals surface area contributed by atoms with Gasteiger partial charge in [-0.1, -0.05) is 12.1 Å². The van der Waals surface area contributed by atoms with Crippen LogP contribution in [0.1, 0.15) is 35.3 Å². The van der Waals surface area contributed by atoms with Gasteiger partial charge in [0.2, 0.25) is 0 Å². The number of ketones is 1. The van der Waals surface area contributed by atoms with E-state index in [2.05, 4.69) is 4.98 Å². The molecule has 1 aromatic heterocycles. The van der Waals surface area contributed by atoms with E-state index in [9.17, 15) is 4.79 Å². The summed E-state index contributed by atoms with van der Waals surface area (Å²) in [4.78, 5) is 16.6. The van der Waals surface area contributed by atoms with Gasteiger partial charge in [0.25, 0.3) is 0 Å². The minimum absolute atomic E-state index is 0.0314. The van der Waals surface area contributed by atoms with E-state index in [1.165, 1.54) is 0 Å².